The van der Waals surface area contributed by atoms with Crippen LogP contribution < -0.4 is 5.32 Å². The number of halogens is 1. The molecule has 1 atom stereocenters. The molecule has 2 heterocycles. The van der Waals surface area contributed by atoms with Gasteiger partial charge in [-0.1, -0.05) is 12.1 Å². The van der Waals surface area contributed by atoms with Gasteiger partial charge in [0.2, 0.25) is 5.95 Å². The molecule has 3 rings (SSSR count). The van der Waals surface area contributed by atoms with E-state index in [1.165, 1.54) is 29.4 Å². The van der Waals surface area contributed by atoms with Crippen molar-refractivity contribution in [3.63, 3.8) is 0 Å². The number of nitrogens with zero attached hydrogens (tertiary/aromatic N) is 3. The molecule has 1 fully saturated rings. The number of nitrogens with one attached hydrogen (secondary N) is 1. The third kappa shape index (κ3) is 4.34. The number of rotatable bonds is 5. The zero-order valence-corrected chi connectivity index (χ0v) is 15.0. The molecule has 2 aromatic rings. The van der Waals surface area contributed by atoms with Crippen LogP contribution in [0, 0.1) is 5.82 Å². The maximum Gasteiger partial charge on any atom is 0.257 e. The minimum atomic E-state index is -3.06. The van der Waals surface area contributed by atoms with Crippen molar-refractivity contribution in [2.75, 3.05) is 23.9 Å². The van der Waals surface area contributed by atoms with Crippen molar-refractivity contribution in [2.45, 2.75) is 19.0 Å². The fourth-order valence-electron chi connectivity index (χ4n) is 2.76. The molecule has 1 aliphatic rings. The Hall–Kier alpha value is -2.55. The molecule has 1 amide bonds. The van der Waals surface area contributed by atoms with Crippen LogP contribution in [0.4, 0.5) is 10.3 Å². The van der Waals surface area contributed by atoms with Crippen LogP contribution in [-0.4, -0.2) is 53.8 Å². The second kappa shape index (κ2) is 7.36. The van der Waals surface area contributed by atoms with Gasteiger partial charge in [-0.2, -0.15) is 0 Å². The van der Waals surface area contributed by atoms with Gasteiger partial charge in [0.25, 0.3) is 5.91 Å². The molecule has 1 unspecified atom stereocenters. The third-order valence-corrected chi connectivity index (χ3v) is 6.09. The summed E-state index contributed by atoms with van der Waals surface area (Å²) in [6.07, 6.45) is 3.26. The Bertz CT molecular complexity index is 885. The van der Waals surface area contributed by atoms with E-state index in [0.29, 0.717) is 24.5 Å². The van der Waals surface area contributed by atoms with Crippen LogP contribution in [0.5, 0.6) is 0 Å². The maximum absolute atomic E-state index is 12.9. The van der Waals surface area contributed by atoms with E-state index in [1.807, 2.05) is 0 Å². The first-order valence-electron chi connectivity index (χ1n) is 8.12. The summed E-state index contributed by atoms with van der Waals surface area (Å²) in [5, 5.41) is 2.99. The molecule has 1 N–H and O–H groups in total. The lowest BCUT2D eigenvalue weighted by Crippen LogP contribution is -2.37. The third-order valence-electron chi connectivity index (χ3n) is 4.34. The predicted molar refractivity (Wildman–Crippen MR) is 94.9 cm³/mol. The summed E-state index contributed by atoms with van der Waals surface area (Å²) in [7, 11) is -1.47. The average Bonchev–Trinajstić information content (AvgIpc) is 3.00. The molecule has 1 aliphatic heterocycles. The summed E-state index contributed by atoms with van der Waals surface area (Å²) in [5.74, 6) is -0.160. The van der Waals surface area contributed by atoms with E-state index in [1.54, 1.807) is 19.2 Å². The van der Waals surface area contributed by atoms with Gasteiger partial charge in [0.1, 0.15) is 5.82 Å². The van der Waals surface area contributed by atoms with E-state index in [0.717, 1.165) is 5.56 Å². The second-order valence-corrected chi connectivity index (χ2v) is 8.48. The van der Waals surface area contributed by atoms with E-state index >= 15 is 0 Å². The summed E-state index contributed by atoms with van der Waals surface area (Å²) in [6, 6.07) is 5.75. The fraction of sp³-hybridized carbons (Fsp3) is 0.353. The van der Waals surface area contributed by atoms with E-state index in [-0.39, 0.29) is 29.3 Å². The van der Waals surface area contributed by atoms with E-state index < -0.39 is 9.84 Å². The summed E-state index contributed by atoms with van der Waals surface area (Å²) in [5.41, 5.74) is 1.17. The molecule has 0 bridgehead atoms. The minimum Gasteiger partial charge on any atom is -0.350 e. The zero-order valence-electron chi connectivity index (χ0n) is 14.2. The fourth-order valence-corrected chi connectivity index (χ4v) is 4.54. The number of carbonyl (C=O) groups excluding carboxylic acids is 1. The van der Waals surface area contributed by atoms with Crippen LogP contribution >= 0.6 is 0 Å². The van der Waals surface area contributed by atoms with Crippen molar-refractivity contribution in [3.05, 3.63) is 53.6 Å². The molecule has 138 valence electrons. The van der Waals surface area contributed by atoms with Crippen LogP contribution in [0.25, 0.3) is 0 Å². The molecule has 1 aromatic carbocycles. The van der Waals surface area contributed by atoms with Gasteiger partial charge in [-0.15, -0.1) is 0 Å². The van der Waals surface area contributed by atoms with Crippen molar-refractivity contribution in [1.82, 2.24) is 14.9 Å². The molecule has 1 aromatic heterocycles. The van der Waals surface area contributed by atoms with Crippen LogP contribution in [0.1, 0.15) is 22.3 Å². The number of sulfone groups is 1. The van der Waals surface area contributed by atoms with E-state index in [4.69, 9.17) is 0 Å². The maximum atomic E-state index is 12.9. The van der Waals surface area contributed by atoms with Gasteiger partial charge >= 0.3 is 0 Å². The number of hydrogen-bond acceptors (Lipinski definition) is 6. The normalized spacial score (nSPS) is 18.5. The number of benzene rings is 1. The Kier molecular flexibility index (Phi) is 5.17. The Labute approximate surface area is 151 Å². The van der Waals surface area contributed by atoms with Gasteiger partial charge in [-0.3, -0.25) is 4.79 Å². The number of amides is 1. The molecular formula is C17H19FN4O3S. The first kappa shape index (κ1) is 18.2. The largest absolute Gasteiger partial charge is 0.350 e. The van der Waals surface area contributed by atoms with Gasteiger partial charge in [0.15, 0.2) is 9.84 Å². The molecular weight excluding hydrogens is 359 g/mol. The smallest absolute Gasteiger partial charge is 0.257 e. The first-order chi connectivity index (χ1) is 12.3. The topological polar surface area (TPSA) is 92.3 Å². The molecule has 9 heteroatoms. The molecule has 0 radical (unpaired) electrons. The Balaban J connectivity index is 1.59. The quantitative estimate of drug-likeness (QED) is 0.847. The van der Waals surface area contributed by atoms with E-state index in [2.05, 4.69) is 15.3 Å². The summed E-state index contributed by atoms with van der Waals surface area (Å²) < 4.78 is 36.0. The Morgan fingerprint density at radius 1 is 1.27 bits per heavy atom. The minimum absolute atomic E-state index is 0.00654. The lowest BCUT2D eigenvalue weighted by Gasteiger charge is -2.23. The first-order valence-corrected chi connectivity index (χ1v) is 9.94. The van der Waals surface area contributed by atoms with Crippen molar-refractivity contribution in [2.24, 2.45) is 0 Å². The van der Waals surface area contributed by atoms with Gasteiger partial charge in [-0.05, 0) is 24.1 Å². The van der Waals surface area contributed by atoms with Crippen LogP contribution in [0.2, 0.25) is 0 Å². The monoisotopic (exact) mass is 378 g/mol. The standard InChI is InChI=1S/C17H19FN4O3S/c1-22(15-6-7-26(24,25)11-15)16(23)13-9-20-17(21-10-13)19-8-12-2-4-14(18)5-3-12/h2-5,9-10,15H,6-8,11H2,1H3,(H,19,20,21). The van der Waals surface area contributed by atoms with Gasteiger partial charge in [0.05, 0.1) is 17.1 Å². The van der Waals surface area contributed by atoms with Gasteiger partial charge in [0, 0.05) is 32.0 Å². The molecule has 1 saturated heterocycles. The summed E-state index contributed by atoms with van der Waals surface area (Å²) in [4.78, 5) is 22.1. The predicted octanol–water partition coefficient (Wildman–Crippen LogP) is 1.49. The van der Waals surface area contributed by atoms with Crippen molar-refractivity contribution >= 4 is 21.7 Å². The summed E-state index contributed by atoms with van der Waals surface area (Å²) in [6.45, 7) is 0.424. The van der Waals surface area contributed by atoms with Crippen molar-refractivity contribution < 1.29 is 17.6 Å². The second-order valence-electron chi connectivity index (χ2n) is 6.25. The van der Waals surface area contributed by atoms with Gasteiger partial charge in [-0.25, -0.2) is 22.8 Å². The van der Waals surface area contributed by atoms with Gasteiger partial charge < -0.3 is 10.2 Å². The van der Waals surface area contributed by atoms with E-state index in [9.17, 15) is 17.6 Å². The molecule has 0 aliphatic carbocycles. The van der Waals surface area contributed by atoms with Crippen LogP contribution in [-0.2, 0) is 16.4 Å². The number of anilines is 1. The number of aromatic nitrogens is 2. The molecule has 26 heavy (non-hydrogen) atoms. The highest BCUT2D eigenvalue weighted by Crippen LogP contribution is 2.18. The average molecular weight is 378 g/mol. The summed E-state index contributed by atoms with van der Waals surface area (Å²) >= 11 is 0. The SMILES string of the molecule is CN(C(=O)c1cnc(NCc2ccc(F)cc2)nc1)C1CCS(=O)(=O)C1. The lowest BCUT2D eigenvalue weighted by molar-refractivity contribution is 0.0747. The molecule has 0 spiro atoms. The highest BCUT2D eigenvalue weighted by Gasteiger charge is 2.33. The zero-order chi connectivity index (χ0) is 18.7. The highest BCUT2D eigenvalue weighted by atomic mass is 32.2. The Morgan fingerprint density at radius 3 is 2.50 bits per heavy atom. The number of hydrogen-bond donors (Lipinski definition) is 1. The Morgan fingerprint density at radius 2 is 1.92 bits per heavy atom. The lowest BCUT2D eigenvalue weighted by atomic mass is 10.2. The van der Waals surface area contributed by atoms with Crippen molar-refractivity contribution in [1.29, 1.82) is 0 Å². The van der Waals surface area contributed by atoms with Crippen LogP contribution in [0.3, 0.4) is 0 Å². The van der Waals surface area contributed by atoms with Crippen molar-refractivity contribution in [3.8, 4) is 0 Å². The number of carbonyl (C=O) groups is 1. The molecule has 7 nitrogen and oxygen atoms in total. The highest BCUT2D eigenvalue weighted by molar-refractivity contribution is 7.91. The van der Waals surface area contributed by atoms with Crippen LogP contribution in [0.15, 0.2) is 36.7 Å². The molecule has 0 saturated carbocycles.